The number of likely N-dealkylation sites (tertiary alicyclic amines) is 1. The Morgan fingerprint density at radius 1 is 1.11 bits per heavy atom. The first-order valence-electron chi connectivity index (χ1n) is 9.09. The van der Waals surface area contributed by atoms with Gasteiger partial charge in [0.25, 0.3) is 0 Å². The highest BCUT2D eigenvalue weighted by molar-refractivity contribution is 5.96. The number of methoxy groups -OCH3 is 2. The van der Waals surface area contributed by atoms with Gasteiger partial charge in [-0.25, -0.2) is 4.79 Å². The third-order valence-corrected chi connectivity index (χ3v) is 5.15. The Labute approximate surface area is 158 Å². The molecule has 1 aromatic carbocycles. The molecule has 27 heavy (non-hydrogen) atoms. The molecule has 2 fully saturated rings. The Balaban J connectivity index is 1.52. The first-order valence-corrected chi connectivity index (χ1v) is 9.09. The topological polar surface area (TPSA) is 88.2 Å². The van der Waals surface area contributed by atoms with Crippen LogP contribution >= 0.6 is 0 Å². The SMILES string of the molecule is COC(=O)C1CCN(C(=O)N[C@@H]2CC(=O)N(c3ccc(OC)cc3)C2)CC1. The number of esters is 1. The van der Waals surface area contributed by atoms with Gasteiger partial charge >= 0.3 is 12.0 Å². The van der Waals surface area contributed by atoms with Crippen molar-refractivity contribution in [2.24, 2.45) is 5.92 Å². The van der Waals surface area contributed by atoms with E-state index in [9.17, 15) is 14.4 Å². The quantitative estimate of drug-likeness (QED) is 0.804. The average molecular weight is 375 g/mol. The van der Waals surface area contributed by atoms with Crippen molar-refractivity contribution in [3.8, 4) is 5.75 Å². The van der Waals surface area contributed by atoms with E-state index < -0.39 is 0 Å². The highest BCUT2D eigenvalue weighted by atomic mass is 16.5. The number of carbonyl (C=O) groups is 3. The van der Waals surface area contributed by atoms with Crippen molar-refractivity contribution in [1.29, 1.82) is 0 Å². The number of rotatable bonds is 4. The van der Waals surface area contributed by atoms with Crippen LogP contribution in [0.1, 0.15) is 19.3 Å². The first kappa shape index (κ1) is 19.0. The fourth-order valence-electron chi connectivity index (χ4n) is 3.57. The molecule has 0 unspecified atom stereocenters. The van der Waals surface area contributed by atoms with E-state index in [1.165, 1.54) is 7.11 Å². The van der Waals surface area contributed by atoms with Gasteiger partial charge in [0.1, 0.15) is 5.75 Å². The number of anilines is 1. The van der Waals surface area contributed by atoms with Gasteiger partial charge in [0.05, 0.1) is 26.2 Å². The third-order valence-electron chi connectivity index (χ3n) is 5.15. The molecular formula is C19H25N3O5. The van der Waals surface area contributed by atoms with Crippen LogP contribution in [-0.4, -0.2) is 62.7 Å². The lowest BCUT2D eigenvalue weighted by Crippen LogP contribution is -2.49. The van der Waals surface area contributed by atoms with Crippen LogP contribution in [-0.2, 0) is 14.3 Å². The largest absolute Gasteiger partial charge is 0.497 e. The number of carbonyl (C=O) groups excluding carboxylic acids is 3. The molecule has 0 spiro atoms. The van der Waals surface area contributed by atoms with Crippen molar-refractivity contribution in [1.82, 2.24) is 10.2 Å². The van der Waals surface area contributed by atoms with Crippen LogP contribution in [0.15, 0.2) is 24.3 Å². The van der Waals surface area contributed by atoms with Crippen molar-refractivity contribution in [2.75, 3.05) is 38.8 Å². The van der Waals surface area contributed by atoms with E-state index in [1.54, 1.807) is 29.0 Å². The summed E-state index contributed by atoms with van der Waals surface area (Å²) in [5, 5.41) is 2.94. The van der Waals surface area contributed by atoms with E-state index in [2.05, 4.69) is 5.32 Å². The summed E-state index contributed by atoms with van der Waals surface area (Å²) in [7, 11) is 2.97. The molecule has 8 nitrogen and oxygen atoms in total. The number of urea groups is 1. The van der Waals surface area contributed by atoms with Crippen molar-refractivity contribution in [2.45, 2.75) is 25.3 Å². The van der Waals surface area contributed by atoms with Gasteiger partial charge in [-0.3, -0.25) is 9.59 Å². The molecule has 2 aliphatic rings. The van der Waals surface area contributed by atoms with Crippen LogP contribution in [0.25, 0.3) is 0 Å². The molecule has 2 aliphatic heterocycles. The summed E-state index contributed by atoms with van der Waals surface area (Å²) in [5.74, 6) is 0.352. The summed E-state index contributed by atoms with van der Waals surface area (Å²) in [4.78, 5) is 39.8. The third kappa shape index (κ3) is 4.32. The van der Waals surface area contributed by atoms with Gasteiger partial charge in [-0.1, -0.05) is 0 Å². The highest BCUT2D eigenvalue weighted by Gasteiger charge is 2.34. The molecule has 0 aromatic heterocycles. The minimum Gasteiger partial charge on any atom is -0.497 e. The van der Waals surface area contributed by atoms with E-state index in [1.807, 2.05) is 12.1 Å². The van der Waals surface area contributed by atoms with Gasteiger partial charge < -0.3 is 24.6 Å². The van der Waals surface area contributed by atoms with Crippen molar-refractivity contribution in [3.05, 3.63) is 24.3 Å². The minimum absolute atomic E-state index is 0.0186. The summed E-state index contributed by atoms with van der Waals surface area (Å²) in [6, 6.07) is 6.86. The fourth-order valence-corrected chi connectivity index (χ4v) is 3.57. The predicted molar refractivity (Wildman–Crippen MR) is 98.6 cm³/mol. The smallest absolute Gasteiger partial charge is 0.317 e. The summed E-state index contributed by atoms with van der Waals surface area (Å²) in [6.45, 7) is 1.46. The summed E-state index contributed by atoms with van der Waals surface area (Å²) in [5.41, 5.74) is 0.788. The Hall–Kier alpha value is -2.77. The number of piperidine rings is 1. The van der Waals surface area contributed by atoms with Crippen LogP contribution in [0, 0.1) is 5.92 Å². The predicted octanol–water partition coefficient (Wildman–Crippen LogP) is 1.40. The van der Waals surface area contributed by atoms with Crippen LogP contribution in [0.2, 0.25) is 0 Å². The molecule has 0 radical (unpaired) electrons. The van der Waals surface area contributed by atoms with Crippen LogP contribution in [0.5, 0.6) is 5.75 Å². The van der Waals surface area contributed by atoms with Crippen LogP contribution < -0.4 is 15.0 Å². The van der Waals surface area contributed by atoms with E-state index in [4.69, 9.17) is 9.47 Å². The van der Waals surface area contributed by atoms with Crippen molar-refractivity contribution in [3.63, 3.8) is 0 Å². The lowest BCUT2D eigenvalue weighted by atomic mass is 9.97. The number of benzene rings is 1. The van der Waals surface area contributed by atoms with E-state index in [-0.39, 0.29) is 36.3 Å². The maximum atomic E-state index is 12.5. The average Bonchev–Trinajstić information content (AvgIpc) is 3.07. The summed E-state index contributed by atoms with van der Waals surface area (Å²) < 4.78 is 9.90. The molecule has 1 aromatic rings. The zero-order valence-corrected chi connectivity index (χ0v) is 15.6. The summed E-state index contributed by atoms with van der Waals surface area (Å²) >= 11 is 0. The lowest BCUT2D eigenvalue weighted by Gasteiger charge is -2.31. The lowest BCUT2D eigenvalue weighted by molar-refractivity contribution is -0.146. The molecule has 1 N–H and O–H groups in total. The highest BCUT2D eigenvalue weighted by Crippen LogP contribution is 2.24. The van der Waals surface area contributed by atoms with Gasteiger partial charge in [0, 0.05) is 31.7 Å². The molecule has 1 atom stereocenters. The summed E-state index contributed by atoms with van der Waals surface area (Å²) in [6.07, 6.45) is 1.47. The molecule has 3 rings (SSSR count). The molecule has 146 valence electrons. The van der Waals surface area contributed by atoms with Crippen LogP contribution in [0.4, 0.5) is 10.5 Å². The van der Waals surface area contributed by atoms with Crippen molar-refractivity contribution >= 4 is 23.6 Å². The number of amides is 3. The number of nitrogens with zero attached hydrogens (tertiary/aromatic N) is 2. The second kappa shape index (κ2) is 8.28. The number of hydrogen-bond acceptors (Lipinski definition) is 5. The van der Waals surface area contributed by atoms with Gasteiger partial charge in [0.15, 0.2) is 0 Å². The van der Waals surface area contributed by atoms with Gasteiger partial charge in [-0.2, -0.15) is 0 Å². The Morgan fingerprint density at radius 2 is 1.78 bits per heavy atom. The first-order chi connectivity index (χ1) is 13.0. The van der Waals surface area contributed by atoms with E-state index in [0.29, 0.717) is 32.5 Å². The number of hydrogen-bond donors (Lipinski definition) is 1. The Kier molecular flexibility index (Phi) is 5.83. The number of ether oxygens (including phenoxy) is 2. The molecule has 8 heteroatoms. The molecule has 2 heterocycles. The second-order valence-corrected chi connectivity index (χ2v) is 6.84. The Bertz CT molecular complexity index is 698. The molecular weight excluding hydrogens is 350 g/mol. The molecule has 3 amide bonds. The standard InChI is InChI=1S/C19H25N3O5/c1-26-16-5-3-15(4-6-16)22-12-14(11-17(22)23)20-19(25)21-9-7-13(8-10-21)18(24)27-2/h3-6,13-14H,7-12H2,1-2H3,(H,20,25)/t14-/m1/s1. The minimum atomic E-state index is -0.231. The molecule has 2 saturated heterocycles. The van der Waals surface area contributed by atoms with E-state index >= 15 is 0 Å². The van der Waals surface area contributed by atoms with Gasteiger partial charge in [-0.15, -0.1) is 0 Å². The maximum absolute atomic E-state index is 12.5. The zero-order valence-electron chi connectivity index (χ0n) is 15.6. The molecule has 0 saturated carbocycles. The van der Waals surface area contributed by atoms with Crippen molar-refractivity contribution < 1.29 is 23.9 Å². The monoisotopic (exact) mass is 375 g/mol. The second-order valence-electron chi connectivity index (χ2n) is 6.84. The van der Waals surface area contributed by atoms with Crippen LogP contribution in [0.3, 0.4) is 0 Å². The molecule has 0 bridgehead atoms. The fraction of sp³-hybridized carbons (Fsp3) is 0.526. The van der Waals surface area contributed by atoms with Gasteiger partial charge in [-0.05, 0) is 37.1 Å². The Morgan fingerprint density at radius 3 is 2.37 bits per heavy atom. The maximum Gasteiger partial charge on any atom is 0.317 e. The van der Waals surface area contributed by atoms with Gasteiger partial charge in [0.2, 0.25) is 5.91 Å². The number of nitrogens with one attached hydrogen (secondary N) is 1. The molecule has 0 aliphatic carbocycles. The van der Waals surface area contributed by atoms with E-state index in [0.717, 1.165) is 11.4 Å². The normalized spacial score (nSPS) is 20.5. The zero-order chi connectivity index (χ0) is 19.4.